The van der Waals surface area contributed by atoms with Gasteiger partial charge in [-0.2, -0.15) is 0 Å². The minimum absolute atomic E-state index is 0.0239. The van der Waals surface area contributed by atoms with Gasteiger partial charge in [0.25, 0.3) is 0 Å². The molecule has 0 saturated carbocycles. The van der Waals surface area contributed by atoms with Crippen LogP contribution in [-0.2, 0) is 15.8 Å². The third kappa shape index (κ3) is 2.04. The van der Waals surface area contributed by atoms with Crippen molar-refractivity contribution in [2.45, 2.75) is 31.3 Å². The minimum atomic E-state index is -1.98. The lowest BCUT2D eigenvalue weighted by molar-refractivity contribution is -0.0575. The summed E-state index contributed by atoms with van der Waals surface area (Å²) in [5.74, 6) is 0.0239. The molecular weight excluding hydrogens is 180 g/mol. The van der Waals surface area contributed by atoms with E-state index >= 15 is 0 Å². The maximum atomic E-state index is 10.8. The zero-order valence-corrected chi connectivity index (χ0v) is 7.79. The fourth-order valence-corrected chi connectivity index (χ4v) is 2.35. The molecule has 0 aromatic carbocycles. The summed E-state index contributed by atoms with van der Waals surface area (Å²) < 4.78 is 24.5. The fourth-order valence-electron chi connectivity index (χ4n) is 1.53. The van der Waals surface area contributed by atoms with E-state index in [0.717, 1.165) is 12.8 Å². The molecule has 0 aliphatic carbocycles. The van der Waals surface area contributed by atoms with Gasteiger partial charge in [-0.1, -0.05) is 13.3 Å². The Hall–Kier alpha value is 0.0300. The summed E-state index contributed by atoms with van der Waals surface area (Å²) in [6.07, 6.45) is 0.704. The highest BCUT2D eigenvalue weighted by molar-refractivity contribution is 7.80. The first kappa shape index (κ1) is 10.1. The van der Waals surface area contributed by atoms with Crippen LogP contribution < -0.4 is 0 Å². The highest BCUT2D eigenvalue weighted by atomic mass is 32.2. The molecule has 72 valence electrons. The van der Waals surface area contributed by atoms with E-state index in [0.29, 0.717) is 6.61 Å². The van der Waals surface area contributed by atoms with Gasteiger partial charge in [0.2, 0.25) is 0 Å². The SMILES string of the molecule is CCC[C@H]1COC(O)C1S(=O)O. The van der Waals surface area contributed by atoms with Crippen LogP contribution in [0.25, 0.3) is 0 Å². The van der Waals surface area contributed by atoms with E-state index in [2.05, 4.69) is 0 Å². The molecule has 1 saturated heterocycles. The third-order valence-corrected chi connectivity index (χ3v) is 3.20. The molecule has 1 heterocycles. The smallest absolute Gasteiger partial charge is 0.171 e. The molecule has 12 heavy (non-hydrogen) atoms. The fraction of sp³-hybridized carbons (Fsp3) is 1.00. The van der Waals surface area contributed by atoms with E-state index in [1.807, 2.05) is 6.92 Å². The van der Waals surface area contributed by atoms with Crippen molar-refractivity contribution in [3.8, 4) is 0 Å². The summed E-state index contributed by atoms with van der Waals surface area (Å²) in [7, 11) is 0. The van der Waals surface area contributed by atoms with Crippen molar-refractivity contribution >= 4 is 11.1 Å². The summed E-state index contributed by atoms with van der Waals surface area (Å²) in [4.78, 5) is 0. The van der Waals surface area contributed by atoms with Gasteiger partial charge in [-0.15, -0.1) is 0 Å². The summed E-state index contributed by atoms with van der Waals surface area (Å²) in [6.45, 7) is 2.40. The van der Waals surface area contributed by atoms with E-state index < -0.39 is 22.6 Å². The number of ether oxygens (including phenoxy) is 1. The maximum absolute atomic E-state index is 10.8. The summed E-state index contributed by atoms with van der Waals surface area (Å²) >= 11 is -1.98. The zero-order valence-electron chi connectivity index (χ0n) is 6.97. The van der Waals surface area contributed by atoms with Gasteiger partial charge in [-0.25, -0.2) is 4.21 Å². The van der Waals surface area contributed by atoms with Crippen LogP contribution in [0.4, 0.5) is 0 Å². The van der Waals surface area contributed by atoms with Crippen LogP contribution in [-0.4, -0.2) is 32.0 Å². The Morgan fingerprint density at radius 3 is 2.83 bits per heavy atom. The second kappa shape index (κ2) is 4.32. The van der Waals surface area contributed by atoms with Crippen LogP contribution in [0.3, 0.4) is 0 Å². The summed E-state index contributed by atoms with van der Waals surface area (Å²) in [5, 5.41) is 8.56. The van der Waals surface area contributed by atoms with Crippen LogP contribution in [0.15, 0.2) is 0 Å². The molecule has 4 atom stereocenters. The average Bonchev–Trinajstić information content (AvgIpc) is 2.32. The number of rotatable bonds is 3. The first-order valence-electron chi connectivity index (χ1n) is 4.06. The van der Waals surface area contributed by atoms with E-state index in [4.69, 9.17) is 9.29 Å². The topological polar surface area (TPSA) is 66.8 Å². The third-order valence-electron chi connectivity index (χ3n) is 2.12. The highest BCUT2D eigenvalue weighted by Crippen LogP contribution is 2.26. The Morgan fingerprint density at radius 1 is 1.67 bits per heavy atom. The lowest BCUT2D eigenvalue weighted by Gasteiger charge is -2.14. The molecule has 0 radical (unpaired) electrons. The van der Waals surface area contributed by atoms with Gasteiger partial charge in [-0.3, -0.25) is 0 Å². The normalized spacial score (nSPS) is 38.4. The molecule has 0 aromatic heterocycles. The van der Waals surface area contributed by atoms with Gasteiger partial charge < -0.3 is 14.4 Å². The zero-order chi connectivity index (χ0) is 9.14. The standard InChI is InChI=1S/C7H14O4S/c1-2-3-5-4-11-7(8)6(5)12(9)10/h5-8H,2-4H2,1H3,(H,9,10)/t5-,6?,7?/m0/s1. The van der Waals surface area contributed by atoms with Crippen LogP contribution >= 0.6 is 0 Å². The Morgan fingerprint density at radius 2 is 2.33 bits per heavy atom. The molecule has 2 N–H and O–H groups in total. The minimum Gasteiger partial charge on any atom is -0.367 e. The molecule has 4 nitrogen and oxygen atoms in total. The Balaban J connectivity index is 2.57. The number of aliphatic hydroxyl groups excluding tert-OH is 1. The van der Waals surface area contributed by atoms with E-state index in [9.17, 15) is 9.32 Å². The van der Waals surface area contributed by atoms with Gasteiger partial charge in [0.15, 0.2) is 17.4 Å². The van der Waals surface area contributed by atoms with Gasteiger partial charge in [0, 0.05) is 5.92 Å². The van der Waals surface area contributed by atoms with E-state index in [1.54, 1.807) is 0 Å². The second-order valence-corrected chi connectivity index (χ2v) is 4.11. The van der Waals surface area contributed by atoms with Crippen molar-refractivity contribution in [1.82, 2.24) is 0 Å². The lowest BCUT2D eigenvalue weighted by Crippen LogP contribution is -2.30. The Kier molecular flexibility index (Phi) is 3.64. The molecule has 1 aliphatic heterocycles. The van der Waals surface area contributed by atoms with Gasteiger partial charge in [0.05, 0.1) is 6.61 Å². The van der Waals surface area contributed by atoms with Crippen LogP contribution in [0, 0.1) is 5.92 Å². The quantitative estimate of drug-likeness (QED) is 0.636. The molecule has 0 bridgehead atoms. The van der Waals surface area contributed by atoms with E-state index in [1.165, 1.54) is 0 Å². The second-order valence-electron chi connectivity index (χ2n) is 3.01. The van der Waals surface area contributed by atoms with E-state index in [-0.39, 0.29) is 5.92 Å². The van der Waals surface area contributed by atoms with Crippen LogP contribution in [0.2, 0.25) is 0 Å². The van der Waals surface area contributed by atoms with Gasteiger partial charge in [0.1, 0.15) is 5.25 Å². The number of hydrogen-bond donors (Lipinski definition) is 2. The van der Waals surface area contributed by atoms with Crippen molar-refractivity contribution in [1.29, 1.82) is 0 Å². The molecule has 1 fully saturated rings. The predicted octanol–water partition coefficient (Wildman–Crippen LogP) is 0.342. The average molecular weight is 194 g/mol. The number of aliphatic hydroxyl groups is 1. The molecular formula is C7H14O4S. The number of hydrogen-bond acceptors (Lipinski definition) is 3. The Bertz CT molecular complexity index is 171. The lowest BCUT2D eigenvalue weighted by atomic mass is 10.0. The molecule has 0 spiro atoms. The monoisotopic (exact) mass is 194 g/mol. The van der Waals surface area contributed by atoms with Gasteiger partial charge >= 0.3 is 0 Å². The van der Waals surface area contributed by atoms with Crippen molar-refractivity contribution < 1.29 is 18.6 Å². The molecule has 5 heteroatoms. The van der Waals surface area contributed by atoms with Crippen molar-refractivity contribution in [2.24, 2.45) is 5.92 Å². The van der Waals surface area contributed by atoms with Crippen molar-refractivity contribution in [2.75, 3.05) is 6.61 Å². The van der Waals surface area contributed by atoms with Crippen LogP contribution in [0.1, 0.15) is 19.8 Å². The molecule has 3 unspecified atom stereocenters. The largest absolute Gasteiger partial charge is 0.367 e. The Labute approximate surface area is 74.2 Å². The summed E-state index contributed by atoms with van der Waals surface area (Å²) in [6, 6.07) is 0. The predicted molar refractivity (Wildman–Crippen MR) is 44.9 cm³/mol. The highest BCUT2D eigenvalue weighted by Gasteiger charge is 2.39. The molecule has 1 aliphatic rings. The first-order valence-corrected chi connectivity index (χ1v) is 5.23. The summed E-state index contributed by atoms with van der Waals surface area (Å²) in [5.41, 5.74) is 0. The van der Waals surface area contributed by atoms with Crippen molar-refractivity contribution in [3.05, 3.63) is 0 Å². The molecule has 0 amide bonds. The maximum Gasteiger partial charge on any atom is 0.171 e. The molecule has 1 rings (SSSR count). The first-order chi connectivity index (χ1) is 5.66. The van der Waals surface area contributed by atoms with Crippen molar-refractivity contribution in [3.63, 3.8) is 0 Å². The van der Waals surface area contributed by atoms with Gasteiger partial charge in [-0.05, 0) is 6.42 Å². The van der Waals surface area contributed by atoms with Crippen LogP contribution in [0.5, 0.6) is 0 Å². The molecule has 0 aromatic rings.